The molecule has 7 heteroatoms. The molecular formula is C21H27NO5Si. The summed E-state index contributed by atoms with van der Waals surface area (Å²) in [5.41, 5.74) is 1.40. The molecular weight excluding hydrogens is 374 g/mol. The molecule has 3 unspecified atom stereocenters. The van der Waals surface area contributed by atoms with E-state index in [9.17, 15) is 14.4 Å². The SMILES string of the molecule is CO[SiH2]CCOC(=O)C=Cc1ccc(N2C(=O)C3CCC(C)CC3C2=O)cc1. The number of amides is 2. The Morgan fingerprint density at radius 1 is 1.18 bits per heavy atom. The number of anilines is 1. The van der Waals surface area contributed by atoms with Crippen LogP contribution in [0.25, 0.3) is 6.08 Å². The van der Waals surface area contributed by atoms with Gasteiger partial charge in [-0.05, 0) is 55.0 Å². The number of hydrogen-bond donors (Lipinski definition) is 0. The highest BCUT2D eigenvalue weighted by atomic mass is 28.2. The topological polar surface area (TPSA) is 72.9 Å². The summed E-state index contributed by atoms with van der Waals surface area (Å²) >= 11 is 0. The average molecular weight is 402 g/mol. The molecule has 3 atom stereocenters. The summed E-state index contributed by atoms with van der Waals surface area (Å²) in [7, 11) is 1.08. The first-order valence-corrected chi connectivity index (χ1v) is 11.4. The van der Waals surface area contributed by atoms with Gasteiger partial charge in [0.25, 0.3) is 0 Å². The van der Waals surface area contributed by atoms with E-state index in [1.165, 1.54) is 11.0 Å². The summed E-state index contributed by atoms with van der Waals surface area (Å²) in [5.74, 6) is -0.397. The van der Waals surface area contributed by atoms with Crippen LogP contribution in [0.1, 0.15) is 31.7 Å². The first-order chi connectivity index (χ1) is 13.5. The number of esters is 1. The van der Waals surface area contributed by atoms with Gasteiger partial charge >= 0.3 is 5.97 Å². The number of carbonyl (C=O) groups excluding carboxylic acids is 3. The second-order valence-electron chi connectivity index (χ2n) is 7.58. The number of hydrogen-bond acceptors (Lipinski definition) is 5. The van der Waals surface area contributed by atoms with E-state index in [4.69, 9.17) is 9.16 Å². The molecule has 0 aromatic heterocycles. The molecule has 0 spiro atoms. The highest BCUT2D eigenvalue weighted by Gasteiger charge is 2.49. The molecule has 150 valence electrons. The maximum Gasteiger partial charge on any atom is 0.330 e. The van der Waals surface area contributed by atoms with E-state index in [1.807, 2.05) is 0 Å². The van der Waals surface area contributed by atoms with E-state index in [1.54, 1.807) is 37.5 Å². The molecule has 3 rings (SSSR count). The van der Waals surface area contributed by atoms with Crippen molar-refractivity contribution < 1.29 is 23.5 Å². The monoisotopic (exact) mass is 401 g/mol. The van der Waals surface area contributed by atoms with Crippen LogP contribution in [0.4, 0.5) is 5.69 Å². The van der Waals surface area contributed by atoms with Crippen molar-refractivity contribution in [2.75, 3.05) is 18.6 Å². The molecule has 1 saturated carbocycles. The maximum atomic E-state index is 12.8. The zero-order valence-electron chi connectivity index (χ0n) is 16.4. The van der Waals surface area contributed by atoms with Crippen LogP contribution >= 0.6 is 0 Å². The molecule has 1 aliphatic heterocycles. The minimum Gasteiger partial charge on any atom is -0.463 e. The standard InChI is InChI=1S/C21H27NO5Si/c1-14-3-9-17-18(13-14)21(25)22(20(17)24)16-7-4-15(5-8-16)6-10-19(23)27-11-12-28-26-2/h4-8,10,14,17-18H,3,9,11-13,28H2,1-2H3. The lowest BCUT2D eigenvalue weighted by molar-refractivity contribution is -0.137. The van der Waals surface area contributed by atoms with Crippen molar-refractivity contribution in [2.24, 2.45) is 17.8 Å². The zero-order chi connectivity index (χ0) is 20.1. The van der Waals surface area contributed by atoms with Crippen LogP contribution in [0, 0.1) is 17.8 Å². The Kier molecular flexibility index (Phi) is 6.80. The molecule has 1 aliphatic carbocycles. The van der Waals surface area contributed by atoms with Gasteiger partial charge in [-0.15, -0.1) is 0 Å². The summed E-state index contributed by atoms with van der Waals surface area (Å²) < 4.78 is 10.1. The molecule has 1 heterocycles. The van der Waals surface area contributed by atoms with Crippen molar-refractivity contribution >= 4 is 39.3 Å². The van der Waals surface area contributed by atoms with Gasteiger partial charge in [-0.3, -0.25) is 14.5 Å². The van der Waals surface area contributed by atoms with E-state index in [0.717, 1.165) is 30.9 Å². The fourth-order valence-corrected chi connectivity index (χ4v) is 4.52. The van der Waals surface area contributed by atoms with Crippen LogP contribution in [0.15, 0.2) is 30.3 Å². The second kappa shape index (κ2) is 9.30. The third kappa shape index (κ3) is 4.59. The van der Waals surface area contributed by atoms with E-state index in [-0.39, 0.29) is 23.7 Å². The zero-order valence-corrected chi connectivity index (χ0v) is 17.8. The van der Waals surface area contributed by atoms with Gasteiger partial charge in [-0.2, -0.15) is 0 Å². The van der Waals surface area contributed by atoms with Gasteiger partial charge in [-0.1, -0.05) is 19.1 Å². The third-order valence-electron chi connectivity index (χ3n) is 5.49. The van der Waals surface area contributed by atoms with Crippen molar-refractivity contribution in [2.45, 2.75) is 32.2 Å². The highest BCUT2D eigenvalue weighted by Crippen LogP contribution is 2.42. The molecule has 0 radical (unpaired) electrons. The normalized spacial score (nSPS) is 25.1. The predicted octanol–water partition coefficient (Wildman–Crippen LogP) is 2.32. The van der Waals surface area contributed by atoms with Crippen LogP contribution in [0.3, 0.4) is 0 Å². The van der Waals surface area contributed by atoms with Gasteiger partial charge in [-0.25, -0.2) is 4.79 Å². The molecule has 2 aliphatic rings. The lowest BCUT2D eigenvalue weighted by Gasteiger charge is -2.25. The van der Waals surface area contributed by atoms with E-state index < -0.39 is 15.7 Å². The number of ether oxygens (including phenoxy) is 1. The smallest absolute Gasteiger partial charge is 0.330 e. The second-order valence-corrected chi connectivity index (χ2v) is 9.27. The molecule has 1 saturated heterocycles. The Bertz CT molecular complexity index is 761. The molecule has 28 heavy (non-hydrogen) atoms. The van der Waals surface area contributed by atoms with Crippen molar-refractivity contribution in [3.63, 3.8) is 0 Å². The molecule has 1 aromatic rings. The lowest BCUT2D eigenvalue weighted by atomic mass is 9.76. The summed E-state index contributed by atoms with van der Waals surface area (Å²) in [4.78, 5) is 38.5. The fourth-order valence-electron chi connectivity index (χ4n) is 3.97. The summed E-state index contributed by atoms with van der Waals surface area (Å²) in [5, 5.41) is 0. The Balaban J connectivity index is 1.61. The van der Waals surface area contributed by atoms with Crippen LogP contribution < -0.4 is 4.90 Å². The molecule has 2 fully saturated rings. The van der Waals surface area contributed by atoms with E-state index >= 15 is 0 Å². The number of benzene rings is 1. The van der Waals surface area contributed by atoms with Crippen molar-refractivity contribution in [3.05, 3.63) is 35.9 Å². The number of nitrogens with zero attached hydrogens (tertiary/aromatic N) is 1. The molecule has 0 bridgehead atoms. The minimum atomic E-state index is -0.578. The third-order valence-corrected chi connectivity index (χ3v) is 6.47. The number of carbonyl (C=O) groups is 3. The van der Waals surface area contributed by atoms with Crippen LogP contribution in [-0.2, 0) is 23.5 Å². The first kappa shape index (κ1) is 20.5. The highest BCUT2D eigenvalue weighted by molar-refractivity contribution is 6.27. The Morgan fingerprint density at radius 3 is 2.61 bits per heavy atom. The largest absolute Gasteiger partial charge is 0.463 e. The molecule has 1 aromatic carbocycles. The van der Waals surface area contributed by atoms with Crippen LogP contribution in [0.2, 0.25) is 6.04 Å². The van der Waals surface area contributed by atoms with Crippen LogP contribution in [0.5, 0.6) is 0 Å². The molecule has 6 nitrogen and oxygen atoms in total. The fraction of sp³-hybridized carbons (Fsp3) is 0.476. The Labute approximate surface area is 167 Å². The predicted molar refractivity (Wildman–Crippen MR) is 109 cm³/mol. The molecule has 2 amide bonds. The number of fused-ring (bicyclic) bond motifs is 1. The summed E-state index contributed by atoms with van der Waals surface area (Å²) in [6.07, 6.45) is 5.63. The van der Waals surface area contributed by atoms with Gasteiger partial charge in [0.05, 0.1) is 24.1 Å². The molecule has 0 N–H and O–H groups in total. The lowest BCUT2D eigenvalue weighted by Crippen LogP contribution is -2.30. The van der Waals surface area contributed by atoms with Gasteiger partial charge in [0.1, 0.15) is 0 Å². The van der Waals surface area contributed by atoms with Crippen molar-refractivity contribution in [1.29, 1.82) is 0 Å². The van der Waals surface area contributed by atoms with Gasteiger partial charge in [0, 0.05) is 13.2 Å². The summed E-state index contributed by atoms with van der Waals surface area (Å²) in [6.45, 7) is 2.52. The van der Waals surface area contributed by atoms with Gasteiger partial charge in [0.2, 0.25) is 11.8 Å². The Hall–Kier alpha value is -2.25. The maximum absolute atomic E-state index is 12.8. The number of imide groups is 1. The van der Waals surface area contributed by atoms with Crippen molar-refractivity contribution in [1.82, 2.24) is 0 Å². The number of rotatable bonds is 7. The summed E-state index contributed by atoms with van der Waals surface area (Å²) in [6, 6.07) is 7.89. The Morgan fingerprint density at radius 2 is 1.89 bits per heavy atom. The average Bonchev–Trinajstić information content (AvgIpc) is 2.94. The van der Waals surface area contributed by atoms with Crippen molar-refractivity contribution in [3.8, 4) is 0 Å². The van der Waals surface area contributed by atoms with Gasteiger partial charge in [0.15, 0.2) is 9.76 Å². The van der Waals surface area contributed by atoms with E-state index in [0.29, 0.717) is 18.2 Å². The van der Waals surface area contributed by atoms with Crippen LogP contribution in [-0.4, -0.2) is 41.3 Å². The van der Waals surface area contributed by atoms with E-state index in [2.05, 4.69) is 6.92 Å². The first-order valence-electron chi connectivity index (χ1n) is 9.83. The quantitative estimate of drug-likeness (QED) is 0.230. The van der Waals surface area contributed by atoms with Gasteiger partial charge < -0.3 is 9.16 Å². The minimum absolute atomic E-state index is 0.0756.